The molecule has 138 valence electrons. The van der Waals surface area contributed by atoms with Gasteiger partial charge < -0.3 is 15.2 Å². The van der Waals surface area contributed by atoms with Crippen molar-refractivity contribution in [2.45, 2.75) is 25.0 Å². The number of hydrogen-bond acceptors (Lipinski definition) is 8. The highest BCUT2D eigenvalue weighted by molar-refractivity contribution is 7.91. The Morgan fingerprint density at radius 2 is 1.76 bits per heavy atom. The molecule has 2 rings (SSSR count). The highest BCUT2D eigenvalue weighted by atomic mass is 35.5. The van der Waals surface area contributed by atoms with Gasteiger partial charge in [0.25, 0.3) is 20.9 Å². The fourth-order valence-electron chi connectivity index (χ4n) is 2.23. The van der Waals surface area contributed by atoms with Crippen LogP contribution in [-0.4, -0.2) is 37.5 Å². The Bertz CT molecular complexity index is 955. The standard InChI is InChI=1S/C14H17ClN2O6S2/c1-4-17(5-2)25(21,22)14-10(19)8(13(15)24-14)16-7-9(18)11(20)12(7)23-6-3/h16,19H,4-6H2,1-3H3. The van der Waals surface area contributed by atoms with Gasteiger partial charge in [-0.25, -0.2) is 8.42 Å². The van der Waals surface area contributed by atoms with E-state index >= 15 is 0 Å². The van der Waals surface area contributed by atoms with E-state index in [2.05, 4.69) is 5.32 Å². The molecule has 1 aromatic heterocycles. The second-order valence-corrected chi connectivity index (χ2v) is 8.65. The Labute approximate surface area is 153 Å². The average Bonchev–Trinajstić information content (AvgIpc) is 2.86. The van der Waals surface area contributed by atoms with E-state index in [0.717, 1.165) is 0 Å². The van der Waals surface area contributed by atoms with Gasteiger partial charge >= 0.3 is 0 Å². The summed E-state index contributed by atoms with van der Waals surface area (Å²) < 4.78 is 31.0. The van der Waals surface area contributed by atoms with Gasteiger partial charge in [-0.3, -0.25) is 9.59 Å². The molecule has 0 bridgehead atoms. The van der Waals surface area contributed by atoms with Crippen LogP contribution in [0.2, 0.25) is 4.34 Å². The summed E-state index contributed by atoms with van der Waals surface area (Å²) >= 11 is 6.70. The fraction of sp³-hybridized carbons (Fsp3) is 0.429. The van der Waals surface area contributed by atoms with Crippen molar-refractivity contribution in [2.75, 3.05) is 25.0 Å². The van der Waals surface area contributed by atoms with Crippen LogP contribution in [0.3, 0.4) is 0 Å². The van der Waals surface area contributed by atoms with Crippen LogP contribution in [0.15, 0.2) is 13.8 Å². The predicted molar refractivity (Wildman–Crippen MR) is 96.9 cm³/mol. The van der Waals surface area contributed by atoms with E-state index in [9.17, 15) is 23.1 Å². The quantitative estimate of drug-likeness (QED) is 0.641. The summed E-state index contributed by atoms with van der Waals surface area (Å²) in [4.78, 5) is 23.2. The molecule has 0 saturated carbocycles. The zero-order valence-electron chi connectivity index (χ0n) is 13.8. The Kier molecular flexibility index (Phi) is 5.77. The van der Waals surface area contributed by atoms with Crippen molar-refractivity contribution in [3.63, 3.8) is 0 Å². The number of anilines is 2. The maximum Gasteiger partial charge on any atom is 0.272 e. The van der Waals surface area contributed by atoms with E-state index in [1.54, 1.807) is 20.8 Å². The molecule has 0 fully saturated rings. The predicted octanol–water partition coefficient (Wildman–Crippen LogP) is 1.88. The number of hydrogen-bond donors (Lipinski definition) is 2. The Morgan fingerprint density at radius 1 is 1.16 bits per heavy atom. The minimum atomic E-state index is -3.93. The third kappa shape index (κ3) is 3.26. The first-order valence-electron chi connectivity index (χ1n) is 7.45. The van der Waals surface area contributed by atoms with Crippen LogP contribution in [0.25, 0.3) is 0 Å². The highest BCUT2D eigenvalue weighted by Crippen LogP contribution is 2.47. The molecule has 1 aromatic carbocycles. The zero-order chi connectivity index (χ0) is 18.9. The number of thiophene rings is 1. The van der Waals surface area contributed by atoms with Gasteiger partial charge in [0.15, 0.2) is 15.7 Å². The zero-order valence-corrected chi connectivity index (χ0v) is 16.1. The Balaban J connectivity index is 2.47. The summed E-state index contributed by atoms with van der Waals surface area (Å²) in [7, 11) is -3.93. The molecular formula is C14H17ClN2O6S2. The van der Waals surface area contributed by atoms with Crippen molar-refractivity contribution in [3.8, 4) is 11.5 Å². The van der Waals surface area contributed by atoms with Crippen molar-refractivity contribution in [2.24, 2.45) is 0 Å². The molecule has 0 unspecified atom stereocenters. The topological polar surface area (TPSA) is 113 Å². The summed E-state index contributed by atoms with van der Waals surface area (Å²) in [5.41, 5.74) is -1.91. The largest absolute Gasteiger partial charge is 0.504 e. The molecule has 0 amide bonds. The molecule has 8 nitrogen and oxygen atoms in total. The number of rotatable bonds is 8. The lowest BCUT2D eigenvalue weighted by Gasteiger charge is -2.17. The molecule has 2 N–H and O–H groups in total. The Hall–Kier alpha value is -1.62. The summed E-state index contributed by atoms with van der Waals surface area (Å²) in [5.74, 6) is -0.764. The lowest BCUT2D eigenvalue weighted by molar-refractivity contribution is 0.335. The van der Waals surface area contributed by atoms with Crippen molar-refractivity contribution < 1.29 is 18.3 Å². The number of nitrogens with one attached hydrogen (secondary N) is 1. The normalized spacial score (nSPS) is 12.0. The molecule has 0 radical (unpaired) electrons. The van der Waals surface area contributed by atoms with Crippen molar-refractivity contribution in [1.82, 2.24) is 4.31 Å². The molecule has 0 aliphatic carbocycles. The lowest BCUT2D eigenvalue weighted by atomic mass is 10.2. The Morgan fingerprint density at radius 3 is 2.28 bits per heavy atom. The average molecular weight is 409 g/mol. The summed E-state index contributed by atoms with van der Waals surface area (Å²) in [5, 5.41) is 12.8. The van der Waals surface area contributed by atoms with Gasteiger partial charge in [-0.15, -0.1) is 11.3 Å². The monoisotopic (exact) mass is 408 g/mol. The molecule has 11 heteroatoms. The first-order chi connectivity index (χ1) is 11.7. The molecule has 0 spiro atoms. The minimum absolute atomic E-state index is 0.0567. The van der Waals surface area contributed by atoms with Crippen LogP contribution in [0.5, 0.6) is 11.5 Å². The van der Waals surface area contributed by atoms with E-state index in [4.69, 9.17) is 16.3 Å². The molecule has 0 aliphatic heterocycles. The second-order valence-electron chi connectivity index (χ2n) is 4.90. The lowest BCUT2D eigenvalue weighted by Crippen LogP contribution is -2.35. The maximum absolute atomic E-state index is 12.6. The van der Waals surface area contributed by atoms with Crippen LogP contribution in [-0.2, 0) is 10.0 Å². The van der Waals surface area contributed by atoms with E-state index in [-0.39, 0.29) is 45.4 Å². The molecule has 25 heavy (non-hydrogen) atoms. The van der Waals surface area contributed by atoms with Gasteiger partial charge in [-0.05, 0) is 6.92 Å². The highest BCUT2D eigenvalue weighted by Gasteiger charge is 2.32. The number of nitrogens with zero attached hydrogens (tertiary/aromatic N) is 1. The summed E-state index contributed by atoms with van der Waals surface area (Å²) in [6.07, 6.45) is 0. The molecule has 0 saturated heterocycles. The first-order valence-corrected chi connectivity index (χ1v) is 10.1. The molecule has 0 aliphatic rings. The van der Waals surface area contributed by atoms with Crippen LogP contribution >= 0.6 is 22.9 Å². The number of aromatic hydroxyl groups is 1. The van der Waals surface area contributed by atoms with E-state index in [1.807, 2.05) is 0 Å². The number of ether oxygens (including phenoxy) is 1. The fourth-order valence-corrected chi connectivity index (χ4v) is 5.60. The second kappa shape index (κ2) is 7.32. The molecule has 2 aromatic rings. The van der Waals surface area contributed by atoms with Crippen LogP contribution < -0.4 is 20.9 Å². The molecule has 1 heterocycles. The van der Waals surface area contributed by atoms with E-state index < -0.39 is 26.6 Å². The maximum atomic E-state index is 12.6. The smallest absolute Gasteiger partial charge is 0.272 e. The third-order valence-corrected chi connectivity index (χ3v) is 7.42. The minimum Gasteiger partial charge on any atom is -0.504 e. The van der Waals surface area contributed by atoms with Crippen LogP contribution in [0.4, 0.5) is 11.4 Å². The van der Waals surface area contributed by atoms with Crippen LogP contribution in [0.1, 0.15) is 20.8 Å². The third-order valence-electron chi connectivity index (χ3n) is 3.49. The van der Waals surface area contributed by atoms with E-state index in [0.29, 0.717) is 11.3 Å². The van der Waals surface area contributed by atoms with Gasteiger partial charge in [-0.2, -0.15) is 4.31 Å². The van der Waals surface area contributed by atoms with Gasteiger partial charge in [0.2, 0.25) is 0 Å². The van der Waals surface area contributed by atoms with Crippen molar-refractivity contribution in [1.29, 1.82) is 0 Å². The molecule has 0 atom stereocenters. The number of sulfonamides is 1. The first kappa shape index (κ1) is 19.7. The van der Waals surface area contributed by atoms with Crippen LogP contribution in [0, 0.1) is 0 Å². The van der Waals surface area contributed by atoms with Gasteiger partial charge in [0.1, 0.15) is 15.7 Å². The van der Waals surface area contributed by atoms with Crippen molar-refractivity contribution in [3.05, 3.63) is 24.8 Å². The number of halogens is 1. The van der Waals surface area contributed by atoms with Crippen molar-refractivity contribution >= 4 is 44.3 Å². The van der Waals surface area contributed by atoms with Gasteiger partial charge in [0.05, 0.1) is 6.61 Å². The SMILES string of the molecule is CCOc1c(Nc2c(Cl)sc(S(=O)(=O)N(CC)CC)c2O)c(=O)c1=O. The van der Waals surface area contributed by atoms with E-state index in [1.165, 1.54) is 4.31 Å². The van der Waals surface area contributed by atoms with Gasteiger partial charge in [-0.1, -0.05) is 25.4 Å². The summed E-state index contributed by atoms with van der Waals surface area (Å²) in [6, 6.07) is 0. The summed E-state index contributed by atoms with van der Waals surface area (Å²) in [6.45, 7) is 5.61. The van der Waals surface area contributed by atoms with Gasteiger partial charge in [0, 0.05) is 13.1 Å². The molecular weight excluding hydrogens is 392 g/mol.